The van der Waals surface area contributed by atoms with Crippen molar-refractivity contribution < 1.29 is 14.3 Å². The van der Waals surface area contributed by atoms with Gasteiger partial charge in [0.25, 0.3) is 0 Å². The number of imide groups is 1. The van der Waals surface area contributed by atoms with Gasteiger partial charge in [0.15, 0.2) is 5.11 Å². The summed E-state index contributed by atoms with van der Waals surface area (Å²) in [4.78, 5) is 27.6. The molecule has 1 atom stereocenters. The van der Waals surface area contributed by atoms with E-state index in [2.05, 4.69) is 10.6 Å². The van der Waals surface area contributed by atoms with E-state index in [-0.39, 0.29) is 18.2 Å². The number of carbonyl (C=O) groups is 2. The summed E-state index contributed by atoms with van der Waals surface area (Å²) in [5, 5.41) is 6.56. The van der Waals surface area contributed by atoms with Crippen LogP contribution in [-0.2, 0) is 9.59 Å². The molecule has 0 bridgehead atoms. The lowest BCUT2D eigenvalue weighted by Gasteiger charge is -2.16. The first-order valence-electron chi connectivity index (χ1n) is 10.0. The summed E-state index contributed by atoms with van der Waals surface area (Å²) in [5.41, 5.74) is 2.16. The lowest BCUT2D eigenvalue weighted by Crippen LogP contribution is -2.31. The van der Waals surface area contributed by atoms with Gasteiger partial charge in [-0.05, 0) is 66.8 Å². The van der Waals surface area contributed by atoms with Crippen LogP contribution in [0.3, 0.4) is 0 Å². The largest absolute Gasteiger partial charge is 0.495 e. The number of benzene rings is 3. The van der Waals surface area contributed by atoms with E-state index in [1.165, 1.54) is 23.8 Å². The molecule has 0 unspecified atom stereocenters. The van der Waals surface area contributed by atoms with Crippen LogP contribution < -0.4 is 20.3 Å². The van der Waals surface area contributed by atoms with E-state index in [9.17, 15) is 9.59 Å². The number of hydrogen-bond acceptors (Lipinski definition) is 5. The maximum atomic E-state index is 12.9. The molecule has 3 aromatic carbocycles. The first-order chi connectivity index (χ1) is 15.9. The standard InChI is InChI=1S/C24H20ClN3O3S2/c1-31-20-12-9-17(13-19(20)25)28-22(29)14-21(23(28)30)33-18-10-7-16(8-11-18)27-24(32)26-15-5-3-2-4-6-15/h2-13,21H,14H2,1H3,(H2,26,27,32)/t21-/m0/s1. The molecule has 0 aromatic heterocycles. The van der Waals surface area contributed by atoms with E-state index in [4.69, 9.17) is 28.6 Å². The molecule has 0 saturated carbocycles. The molecular formula is C24H20ClN3O3S2. The van der Waals surface area contributed by atoms with Crippen molar-refractivity contribution in [3.63, 3.8) is 0 Å². The quantitative estimate of drug-likeness (QED) is 0.340. The summed E-state index contributed by atoms with van der Waals surface area (Å²) in [6.45, 7) is 0. The van der Waals surface area contributed by atoms with Crippen LogP contribution in [0.25, 0.3) is 0 Å². The van der Waals surface area contributed by atoms with Gasteiger partial charge >= 0.3 is 0 Å². The first-order valence-corrected chi connectivity index (χ1v) is 11.7. The minimum atomic E-state index is -0.502. The molecular weight excluding hydrogens is 478 g/mol. The number of nitrogens with zero attached hydrogens (tertiary/aromatic N) is 1. The Morgan fingerprint density at radius 1 is 1.03 bits per heavy atom. The minimum absolute atomic E-state index is 0.123. The lowest BCUT2D eigenvalue weighted by molar-refractivity contribution is -0.121. The highest BCUT2D eigenvalue weighted by molar-refractivity contribution is 8.00. The molecule has 9 heteroatoms. The molecule has 33 heavy (non-hydrogen) atoms. The Balaban J connectivity index is 1.38. The summed E-state index contributed by atoms with van der Waals surface area (Å²) >= 11 is 12.9. The second-order valence-electron chi connectivity index (χ2n) is 7.17. The van der Waals surface area contributed by atoms with Crippen molar-refractivity contribution in [3.05, 3.63) is 77.8 Å². The number of hydrogen-bond donors (Lipinski definition) is 2. The number of anilines is 3. The smallest absolute Gasteiger partial charge is 0.247 e. The second-order valence-corrected chi connectivity index (χ2v) is 9.26. The van der Waals surface area contributed by atoms with Gasteiger partial charge in [-0.2, -0.15) is 0 Å². The Bertz CT molecular complexity index is 1190. The van der Waals surface area contributed by atoms with Crippen molar-refractivity contribution >= 4 is 69.6 Å². The van der Waals surface area contributed by atoms with Crippen LogP contribution in [0.1, 0.15) is 6.42 Å². The zero-order valence-corrected chi connectivity index (χ0v) is 20.0. The number of thioether (sulfide) groups is 1. The number of thiocarbonyl (C=S) groups is 1. The summed E-state index contributed by atoms with van der Waals surface area (Å²) in [6.07, 6.45) is 0.123. The first kappa shape index (κ1) is 23.1. The van der Waals surface area contributed by atoms with Crippen molar-refractivity contribution in [2.45, 2.75) is 16.6 Å². The Hall–Kier alpha value is -3.07. The second kappa shape index (κ2) is 10.2. The third-order valence-corrected chi connectivity index (χ3v) is 6.62. The SMILES string of the molecule is COc1ccc(N2C(=O)C[C@H](Sc3ccc(NC(=S)Nc4ccccc4)cc3)C2=O)cc1Cl. The molecule has 6 nitrogen and oxygen atoms in total. The van der Waals surface area contributed by atoms with Gasteiger partial charge < -0.3 is 15.4 Å². The number of para-hydroxylation sites is 1. The Kier molecular flexibility index (Phi) is 7.17. The summed E-state index contributed by atoms with van der Waals surface area (Å²) in [5.74, 6) is -0.0337. The Labute approximate surface area is 206 Å². The lowest BCUT2D eigenvalue weighted by atomic mass is 10.3. The number of ether oxygens (including phenoxy) is 1. The van der Waals surface area contributed by atoms with Crippen LogP contribution in [-0.4, -0.2) is 29.3 Å². The summed E-state index contributed by atoms with van der Waals surface area (Å²) in [6, 6.07) is 22.0. The molecule has 1 fully saturated rings. The number of halogens is 1. The molecule has 1 aliphatic heterocycles. The van der Waals surface area contributed by atoms with Crippen molar-refractivity contribution in [1.82, 2.24) is 0 Å². The number of nitrogens with one attached hydrogen (secondary N) is 2. The molecule has 2 amide bonds. The zero-order chi connectivity index (χ0) is 23.4. The van der Waals surface area contributed by atoms with Crippen LogP contribution in [0.15, 0.2) is 77.7 Å². The fourth-order valence-corrected chi connectivity index (χ4v) is 4.90. The van der Waals surface area contributed by atoms with Crippen LogP contribution >= 0.6 is 35.6 Å². The maximum absolute atomic E-state index is 12.9. The maximum Gasteiger partial charge on any atom is 0.247 e. The molecule has 1 saturated heterocycles. The summed E-state index contributed by atoms with van der Waals surface area (Å²) in [7, 11) is 1.51. The van der Waals surface area contributed by atoms with Gasteiger partial charge in [-0.3, -0.25) is 9.59 Å². The predicted octanol–water partition coefficient (Wildman–Crippen LogP) is 5.58. The molecule has 168 valence electrons. The van der Waals surface area contributed by atoms with Gasteiger partial charge in [0.1, 0.15) is 5.75 Å². The van der Waals surface area contributed by atoms with Crippen LogP contribution in [0.2, 0.25) is 5.02 Å². The fraction of sp³-hybridized carbons (Fsp3) is 0.125. The minimum Gasteiger partial charge on any atom is -0.495 e. The van der Waals surface area contributed by atoms with Crippen LogP contribution in [0, 0.1) is 0 Å². The van der Waals surface area contributed by atoms with E-state index >= 15 is 0 Å². The predicted molar refractivity (Wildman–Crippen MR) is 137 cm³/mol. The highest BCUT2D eigenvalue weighted by Gasteiger charge is 2.40. The molecule has 3 aromatic rings. The molecule has 1 heterocycles. The highest BCUT2D eigenvalue weighted by Crippen LogP contribution is 2.36. The molecule has 1 aliphatic rings. The molecule has 2 N–H and O–H groups in total. The van der Waals surface area contributed by atoms with Crippen LogP contribution in [0.4, 0.5) is 17.1 Å². The third kappa shape index (κ3) is 5.47. The van der Waals surface area contributed by atoms with Gasteiger partial charge in [0.05, 0.1) is 23.1 Å². The van der Waals surface area contributed by atoms with Crippen LogP contribution in [0.5, 0.6) is 5.75 Å². The van der Waals surface area contributed by atoms with Crippen molar-refractivity contribution in [2.75, 3.05) is 22.6 Å². The number of amides is 2. The fourth-order valence-electron chi connectivity index (χ4n) is 3.36. The average molecular weight is 498 g/mol. The Morgan fingerprint density at radius 2 is 1.70 bits per heavy atom. The van der Waals surface area contributed by atoms with Gasteiger partial charge in [-0.25, -0.2) is 4.90 Å². The highest BCUT2D eigenvalue weighted by atomic mass is 35.5. The zero-order valence-electron chi connectivity index (χ0n) is 17.6. The van der Waals surface area contributed by atoms with Gasteiger partial charge in [0.2, 0.25) is 11.8 Å². The number of carbonyl (C=O) groups excluding carboxylic acids is 2. The van der Waals surface area contributed by atoms with E-state index in [1.54, 1.807) is 18.2 Å². The van der Waals surface area contributed by atoms with Gasteiger partial charge in [0, 0.05) is 22.7 Å². The van der Waals surface area contributed by atoms with Crippen molar-refractivity contribution in [2.24, 2.45) is 0 Å². The molecule has 4 rings (SSSR count). The van der Waals surface area contributed by atoms with E-state index in [1.807, 2.05) is 54.6 Å². The normalized spacial score (nSPS) is 15.5. The van der Waals surface area contributed by atoms with E-state index in [0.29, 0.717) is 21.6 Å². The molecule has 0 aliphatic carbocycles. The monoisotopic (exact) mass is 497 g/mol. The van der Waals surface area contributed by atoms with E-state index < -0.39 is 5.25 Å². The van der Waals surface area contributed by atoms with E-state index in [0.717, 1.165) is 16.3 Å². The molecule has 0 radical (unpaired) electrons. The Morgan fingerprint density at radius 3 is 2.33 bits per heavy atom. The number of methoxy groups -OCH3 is 1. The van der Waals surface area contributed by atoms with Crippen molar-refractivity contribution in [3.8, 4) is 5.75 Å². The third-order valence-electron chi connectivity index (χ3n) is 4.92. The summed E-state index contributed by atoms with van der Waals surface area (Å²) < 4.78 is 5.14. The molecule has 0 spiro atoms. The van der Waals surface area contributed by atoms with Gasteiger partial charge in [-0.15, -0.1) is 11.8 Å². The van der Waals surface area contributed by atoms with Gasteiger partial charge in [-0.1, -0.05) is 29.8 Å². The van der Waals surface area contributed by atoms with Crippen molar-refractivity contribution in [1.29, 1.82) is 0 Å². The number of rotatable bonds is 6. The average Bonchev–Trinajstić information content (AvgIpc) is 3.08. The topological polar surface area (TPSA) is 70.7 Å².